The Balaban J connectivity index is 0.812. The van der Waals surface area contributed by atoms with Crippen LogP contribution < -0.4 is 20.7 Å². The molecule has 3 N–H and O–H groups in total. The van der Waals surface area contributed by atoms with Gasteiger partial charge in [0.15, 0.2) is 5.65 Å². The van der Waals surface area contributed by atoms with Crippen molar-refractivity contribution < 1.29 is 32.7 Å². The Bertz CT molecular complexity index is 2500. The quantitative estimate of drug-likeness (QED) is 0.192. The first kappa shape index (κ1) is 37.0. The van der Waals surface area contributed by atoms with E-state index in [-0.39, 0.29) is 53.5 Å². The molecule has 1 saturated carbocycles. The number of carbonyl (C=O) groups is 4. The van der Waals surface area contributed by atoms with Crippen molar-refractivity contribution in [1.29, 1.82) is 0 Å². The van der Waals surface area contributed by atoms with Crippen molar-refractivity contribution in [2.45, 2.75) is 75.3 Å². The predicted molar refractivity (Wildman–Crippen MR) is 212 cm³/mol. The van der Waals surface area contributed by atoms with Crippen molar-refractivity contribution in [3.63, 3.8) is 0 Å². The number of piperazine rings is 1. The summed E-state index contributed by atoms with van der Waals surface area (Å²) in [5, 5.41) is 7.69. The topological polar surface area (TPSA) is 169 Å². The van der Waals surface area contributed by atoms with E-state index in [9.17, 15) is 19.2 Å². The average molecular weight is 802 g/mol. The maximum atomic E-state index is 16.4. The molecule has 59 heavy (non-hydrogen) atoms. The number of anilines is 2. The summed E-state index contributed by atoms with van der Waals surface area (Å²) in [6, 6.07) is 17.8. The first-order valence-corrected chi connectivity index (χ1v) is 20.1. The highest BCUT2D eigenvalue weighted by Gasteiger charge is 2.47. The van der Waals surface area contributed by atoms with Gasteiger partial charge in [-0.15, -0.1) is 0 Å². The molecule has 0 spiro atoms. The van der Waals surface area contributed by atoms with E-state index in [0.29, 0.717) is 55.0 Å². The van der Waals surface area contributed by atoms with E-state index in [1.807, 2.05) is 59.5 Å². The second-order valence-electron chi connectivity index (χ2n) is 16.3. The fourth-order valence-corrected chi connectivity index (χ4v) is 9.93. The van der Waals surface area contributed by atoms with Crippen LogP contribution in [0.5, 0.6) is 11.5 Å². The summed E-state index contributed by atoms with van der Waals surface area (Å²) in [6.45, 7) is 2.00. The van der Waals surface area contributed by atoms with Gasteiger partial charge in [0.05, 0.1) is 28.2 Å². The zero-order valence-electron chi connectivity index (χ0n) is 32.0. The maximum Gasteiger partial charge on any atom is 0.262 e. The highest BCUT2D eigenvalue weighted by molar-refractivity contribution is 6.23. The number of likely N-dealkylation sites (tertiary alicyclic amines) is 1. The van der Waals surface area contributed by atoms with Crippen LogP contribution in [-0.2, 0) is 9.59 Å². The Morgan fingerprint density at radius 1 is 0.847 bits per heavy atom. The first-order chi connectivity index (χ1) is 28.6. The maximum absolute atomic E-state index is 16.4. The van der Waals surface area contributed by atoms with E-state index < -0.39 is 47.7 Å². The smallest absolute Gasteiger partial charge is 0.262 e. The molecule has 2 aromatic heterocycles. The number of benzene rings is 3. The van der Waals surface area contributed by atoms with Gasteiger partial charge in [-0.25, -0.2) is 23.4 Å². The Morgan fingerprint density at radius 3 is 2.27 bits per heavy atom. The minimum absolute atomic E-state index is 0.000395. The number of hydrogen-bond acceptors (Lipinski definition) is 11. The van der Waals surface area contributed by atoms with Gasteiger partial charge in [-0.1, -0.05) is 18.2 Å². The van der Waals surface area contributed by atoms with Crippen molar-refractivity contribution in [2.24, 2.45) is 5.92 Å². The van der Waals surface area contributed by atoms with Gasteiger partial charge in [0.2, 0.25) is 11.8 Å². The molecule has 3 saturated heterocycles. The van der Waals surface area contributed by atoms with Crippen molar-refractivity contribution >= 4 is 46.2 Å². The van der Waals surface area contributed by atoms with Gasteiger partial charge in [-0.3, -0.25) is 34.3 Å². The number of carbonyl (C=O) groups excluding carboxylic acids is 4. The lowest BCUT2D eigenvalue weighted by Gasteiger charge is -2.44. The number of fused-ring (bicyclic) bond motifs is 4. The number of ether oxygens (including phenoxy) is 1. The number of nitrogens with two attached hydrogens (primary N) is 1. The second-order valence-corrected chi connectivity index (χ2v) is 16.3. The van der Waals surface area contributed by atoms with E-state index in [4.69, 9.17) is 15.6 Å². The molecule has 2 bridgehead atoms. The highest BCUT2D eigenvalue weighted by atomic mass is 19.1. The molecular weight excluding hydrogens is 761 g/mol. The number of nitrogens with one attached hydrogen (secondary N) is 1. The van der Waals surface area contributed by atoms with Crippen molar-refractivity contribution in [1.82, 2.24) is 34.9 Å². The predicted octanol–water partition coefficient (Wildman–Crippen LogP) is 5.44. The van der Waals surface area contributed by atoms with Crippen LogP contribution in [0.4, 0.5) is 20.3 Å². The lowest BCUT2D eigenvalue weighted by molar-refractivity contribution is -0.136. The van der Waals surface area contributed by atoms with Gasteiger partial charge in [0.25, 0.3) is 11.8 Å². The van der Waals surface area contributed by atoms with Crippen LogP contribution in [0.3, 0.4) is 0 Å². The number of nitrogen functional groups attached to an aromatic ring is 1. The lowest BCUT2D eigenvalue weighted by Crippen LogP contribution is -2.55. The summed E-state index contributed by atoms with van der Waals surface area (Å²) in [6.07, 6.45) is 3.57. The molecule has 4 amide bonds. The SMILES string of the molecule is Nc1ncnc2c1c(-c1ccc(Oc3ccccc3)cc1)nn2C1CCC(CN2CC3CCC(C2)N3c2cc3c(cc2F)C(=O)N(C2CCC(=O)NC2=O)C3=O)CC1F. The molecule has 4 fully saturated rings. The standard InChI is InChI=1S/C43H41F2N9O5/c44-31-16-23(6-13-33(31)54-40-37(39(46)47-22-48-40)38(50-54)24-7-11-28(12-8-24)59-27-4-2-1-3-5-27)19-51-20-25-9-10-26(21-51)52(25)35-18-30-29(17-32(35)45)42(57)53(43(30)58)34-14-15-36(55)49-41(34)56/h1-5,7-8,11-12,17-18,22-23,25-26,31,33-34H,6,9-10,13-16,19-21H2,(H2,46,47,48)(H,49,55,56). The molecule has 16 heteroatoms. The fourth-order valence-electron chi connectivity index (χ4n) is 9.93. The number of aromatic nitrogens is 4. The van der Waals surface area contributed by atoms with Gasteiger partial charge >= 0.3 is 0 Å². The van der Waals surface area contributed by atoms with Crippen LogP contribution in [0, 0.1) is 11.7 Å². The number of para-hydroxylation sites is 1. The van der Waals surface area contributed by atoms with E-state index in [0.717, 1.165) is 41.5 Å². The molecular formula is C43H41F2N9O5. The number of piperidine rings is 1. The summed E-state index contributed by atoms with van der Waals surface area (Å²) >= 11 is 0. The van der Waals surface area contributed by atoms with Crippen LogP contribution in [0.25, 0.3) is 22.3 Å². The zero-order chi connectivity index (χ0) is 40.5. The monoisotopic (exact) mass is 801 g/mol. The fraction of sp³-hybridized carbons (Fsp3) is 0.372. The third-order valence-electron chi connectivity index (χ3n) is 12.6. The first-order valence-electron chi connectivity index (χ1n) is 20.1. The summed E-state index contributed by atoms with van der Waals surface area (Å²) < 4.78 is 39.9. The molecule has 1 aliphatic carbocycles. The number of hydrogen-bond donors (Lipinski definition) is 2. The van der Waals surface area contributed by atoms with Gasteiger partial charge in [0, 0.05) is 43.7 Å². The van der Waals surface area contributed by atoms with Crippen LogP contribution in [0.1, 0.15) is 71.7 Å². The van der Waals surface area contributed by atoms with E-state index in [1.165, 1.54) is 12.4 Å². The number of rotatable bonds is 8. The van der Waals surface area contributed by atoms with Gasteiger partial charge in [-0.05, 0) is 93.0 Å². The van der Waals surface area contributed by atoms with E-state index in [1.54, 1.807) is 4.68 Å². The van der Waals surface area contributed by atoms with Crippen LogP contribution in [0.15, 0.2) is 73.1 Å². The van der Waals surface area contributed by atoms with Crippen LogP contribution in [-0.4, -0.2) is 97.1 Å². The molecule has 302 valence electrons. The number of nitrogens with zero attached hydrogens (tertiary/aromatic N) is 7. The van der Waals surface area contributed by atoms with Crippen molar-refractivity contribution in [3.8, 4) is 22.8 Å². The Morgan fingerprint density at radius 2 is 1.56 bits per heavy atom. The molecule has 6 heterocycles. The molecule has 5 aliphatic rings. The molecule has 0 radical (unpaired) electrons. The summed E-state index contributed by atoms with van der Waals surface area (Å²) in [5.41, 5.74) is 8.47. The van der Waals surface area contributed by atoms with Gasteiger partial charge in [0.1, 0.15) is 47.4 Å². The molecule has 4 aliphatic heterocycles. The van der Waals surface area contributed by atoms with Crippen molar-refractivity contribution in [3.05, 3.63) is 90.0 Å². The third kappa shape index (κ3) is 6.45. The number of amides is 4. The Labute approximate surface area is 337 Å². The number of halogens is 2. The van der Waals surface area contributed by atoms with Crippen LogP contribution in [0.2, 0.25) is 0 Å². The minimum Gasteiger partial charge on any atom is -0.457 e. The third-order valence-corrected chi connectivity index (χ3v) is 12.6. The Kier molecular flexibility index (Phi) is 9.11. The zero-order valence-corrected chi connectivity index (χ0v) is 32.0. The molecule has 10 rings (SSSR count). The number of imide groups is 2. The summed E-state index contributed by atoms with van der Waals surface area (Å²) in [5.74, 6) is -1.43. The summed E-state index contributed by atoms with van der Waals surface area (Å²) in [4.78, 5) is 65.0. The largest absolute Gasteiger partial charge is 0.457 e. The van der Waals surface area contributed by atoms with Crippen LogP contribution >= 0.6 is 0 Å². The van der Waals surface area contributed by atoms with Crippen molar-refractivity contribution in [2.75, 3.05) is 30.3 Å². The molecule has 6 atom stereocenters. The molecule has 14 nitrogen and oxygen atoms in total. The molecule has 5 aromatic rings. The number of alkyl halides is 1. The second kappa shape index (κ2) is 14.5. The Hall–Kier alpha value is -6.29. The summed E-state index contributed by atoms with van der Waals surface area (Å²) in [7, 11) is 0. The average Bonchev–Trinajstić information content (AvgIpc) is 3.82. The van der Waals surface area contributed by atoms with Gasteiger partial charge < -0.3 is 15.4 Å². The normalized spacial score (nSPS) is 25.8. The highest BCUT2D eigenvalue weighted by Crippen LogP contribution is 2.43. The molecule has 3 aromatic carbocycles. The molecule has 6 unspecified atom stereocenters. The van der Waals surface area contributed by atoms with E-state index in [2.05, 4.69) is 20.2 Å². The van der Waals surface area contributed by atoms with Gasteiger partial charge in [-0.2, -0.15) is 5.10 Å². The minimum atomic E-state index is -1.18. The van der Waals surface area contributed by atoms with E-state index >= 15 is 8.78 Å². The lowest BCUT2D eigenvalue weighted by atomic mass is 9.84.